The second kappa shape index (κ2) is 6.56. The highest BCUT2D eigenvalue weighted by atomic mass is 19.1. The predicted octanol–water partition coefficient (Wildman–Crippen LogP) is 4.47. The Bertz CT molecular complexity index is 456. The zero-order valence-electron chi connectivity index (χ0n) is 11.5. The molecule has 1 fully saturated rings. The second-order valence-electron chi connectivity index (χ2n) is 5.42. The maximum Gasteiger partial charge on any atom is 0.143 e. The summed E-state index contributed by atoms with van der Waals surface area (Å²) in [6.45, 7) is 2.23. The van der Waals surface area contributed by atoms with Crippen LogP contribution in [0.1, 0.15) is 51.0 Å². The lowest BCUT2D eigenvalue weighted by Crippen LogP contribution is -2.26. The number of nitriles is 1. The highest BCUT2D eigenvalue weighted by molar-refractivity contribution is 5.58. The monoisotopic (exact) mass is 260 g/mol. The van der Waals surface area contributed by atoms with E-state index in [9.17, 15) is 4.39 Å². The Labute approximate surface area is 114 Å². The molecule has 0 aliphatic heterocycles. The minimum atomic E-state index is -0.438. The summed E-state index contributed by atoms with van der Waals surface area (Å²) in [5.74, 6) is 0.415. The lowest BCUT2D eigenvalue weighted by molar-refractivity contribution is 0.319. The summed E-state index contributed by atoms with van der Waals surface area (Å²) in [6, 6.07) is 7.10. The summed E-state index contributed by atoms with van der Waals surface area (Å²) in [6.07, 6.45) is 7.28. The molecule has 0 spiro atoms. The van der Waals surface area contributed by atoms with Gasteiger partial charge in [-0.05, 0) is 43.7 Å². The van der Waals surface area contributed by atoms with Crippen LogP contribution < -0.4 is 5.32 Å². The predicted molar refractivity (Wildman–Crippen MR) is 75.4 cm³/mol. The van der Waals surface area contributed by atoms with Crippen molar-refractivity contribution in [3.05, 3.63) is 29.6 Å². The molecule has 3 heteroatoms. The van der Waals surface area contributed by atoms with E-state index in [0.29, 0.717) is 11.7 Å². The number of hydrogen-bond acceptors (Lipinski definition) is 2. The van der Waals surface area contributed by atoms with Crippen molar-refractivity contribution in [3.63, 3.8) is 0 Å². The van der Waals surface area contributed by atoms with Crippen LogP contribution in [0.25, 0.3) is 0 Å². The van der Waals surface area contributed by atoms with Gasteiger partial charge in [0.15, 0.2) is 0 Å². The average molecular weight is 260 g/mol. The van der Waals surface area contributed by atoms with Crippen LogP contribution in [-0.4, -0.2) is 6.04 Å². The lowest BCUT2D eigenvalue weighted by atomic mass is 9.83. The Balaban J connectivity index is 1.96. The maximum absolute atomic E-state index is 13.5. The van der Waals surface area contributed by atoms with Crippen molar-refractivity contribution in [1.29, 1.82) is 5.26 Å². The van der Waals surface area contributed by atoms with Crippen molar-refractivity contribution in [2.45, 2.75) is 51.5 Å². The largest absolute Gasteiger partial charge is 0.381 e. The van der Waals surface area contributed by atoms with Gasteiger partial charge < -0.3 is 5.32 Å². The summed E-state index contributed by atoms with van der Waals surface area (Å²) in [5.41, 5.74) is 0.777. The van der Waals surface area contributed by atoms with Gasteiger partial charge in [-0.3, -0.25) is 0 Å². The summed E-state index contributed by atoms with van der Waals surface area (Å²) >= 11 is 0. The molecule has 2 rings (SSSR count). The summed E-state index contributed by atoms with van der Waals surface area (Å²) < 4.78 is 13.5. The smallest absolute Gasteiger partial charge is 0.143 e. The van der Waals surface area contributed by atoms with Gasteiger partial charge in [0.1, 0.15) is 17.4 Å². The van der Waals surface area contributed by atoms with Crippen LogP contribution >= 0.6 is 0 Å². The second-order valence-corrected chi connectivity index (χ2v) is 5.42. The zero-order valence-corrected chi connectivity index (χ0v) is 11.5. The van der Waals surface area contributed by atoms with Crippen molar-refractivity contribution >= 4 is 5.69 Å². The number of anilines is 1. The van der Waals surface area contributed by atoms with E-state index >= 15 is 0 Å². The molecule has 1 aliphatic rings. The van der Waals surface area contributed by atoms with E-state index in [1.165, 1.54) is 31.7 Å². The van der Waals surface area contributed by atoms with E-state index in [0.717, 1.165) is 18.8 Å². The van der Waals surface area contributed by atoms with Crippen LogP contribution in [0.3, 0.4) is 0 Å². The van der Waals surface area contributed by atoms with Crippen molar-refractivity contribution in [1.82, 2.24) is 0 Å². The van der Waals surface area contributed by atoms with Gasteiger partial charge in [-0.1, -0.05) is 25.8 Å². The number of nitrogens with one attached hydrogen (secondary N) is 1. The highest BCUT2D eigenvalue weighted by Crippen LogP contribution is 2.30. The minimum Gasteiger partial charge on any atom is -0.381 e. The molecule has 2 nitrogen and oxygen atoms in total. The van der Waals surface area contributed by atoms with E-state index in [1.54, 1.807) is 12.1 Å². The number of nitrogens with zero attached hydrogens (tertiary/aromatic N) is 1. The van der Waals surface area contributed by atoms with Crippen molar-refractivity contribution in [2.75, 3.05) is 5.32 Å². The fourth-order valence-corrected chi connectivity index (χ4v) is 2.98. The first-order valence-electron chi connectivity index (χ1n) is 7.19. The van der Waals surface area contributed by atoms with Gasteiger partial charge in [0.05, 0.1) is 5.69 Å². The number of halogens is 1. The Morgan fingerprint density at radius 1 is 1.32 bits per heavy atom. The summed E-state index contributed by atoms with van der Waals surface area (Å²) in [4.78, 5) is 0. The van der Waals surface area contributed by atoms with Crippen LogP contribution in [0.5, 0.6) is 0 Å². The number of benzene rings is 1. The van der Waals surface area contributed by atoms with Gasteiger partial charge in [0.25, 0.3) is 0 Å². The van der Waals surface area contributed by atoms with Crippen molar-refractivity contribution in [2.24, 2.45) is 5.92 Å². The van der Waals surface area contributed by atoms with E-state index < -0.39 is 5.82 Å². The van der Waals surface area contributed by atoms with Crippen molar-refractivity contribution in [3.8, 4) is 6.07 Å². The normalized spacial score (nSPS) is 22.8. The number of hydrogen-bond donors (Lipinski definition) is 1. The Hall–Kier alpha value is -1.56. The molecule has 0 unspecified atom stereocenters. The third kappa shape index (κ3) is 3.47. The summed E-state index contributed by atoms with van der Waals surface area (Å²) in [7, 11) is 0. The quantitative estimate of drug-likeness (QED) is 0.867. The van der Waals surface area contributed by atoms with Crippen LogP contribution in [0.2, 0.25) is 0 Å². The van der Waals surface area contributed by atoms with Crippen LogP contribution in [0, 0.1) is 23.1 Å². The first-order chi connectivity index (χ1) is 9.24. The fraction of sp³-hybridized carbons (Fsp3) is 0.562. The molecule has 0 saturated heterocycles. The fourth-order valence-electron chi connectivity index (χ4n) is 2.98. The molecule has 0 atom stereocenters. The first kappa shape index (κ1) is 13.9. The molecule has 0 heterocycles. The van der Waals surface area contributed by atoms with Gasteiger partial charge in [-0.25, -0.2) is 4.39 Å². The third-order valence-corrected chi connectivity index (χ3v) is 4.03. The van der Waals surface area contributed by atoms with Gasteiger partial charge in [0, 0.05) is 6.04 Å². The van der Waals surface area contributed by atoms with Gasteiger partial charge in [0.2, 0.25) is 0 Å². The van der Waals surface area contributed by atoms with Gasteiger partial charge in [-0.2, -0.15) is 5.26 Å². The lowest BCUT2D eigenvalue weighted by Gasteiger charge is -2.29. The molecule has 0 bridgehead atoms. The Morgan fingerprint density at radius 3 is 2.68 bits per heavy atom. The SMILES string of the molecule is CCCC1CCC(Nc2cccc(F)c2C#N)CC1. The van der Waals surface area contributed by atoms with Gasteiger partial charge >= 0.3 is 0 Å². The molecule has 1 saturated carbocycles. The third-order valence-electron chi connectivity index (χ3n) is 4.03. The molecular weight excluding hydrogens is 239 g/mol. The molecule has 102 valence electrons. The average Bonchev–Trinajstić information content (AvgIpc) is 2.42. The maximum atomic E-state index is 13.5. The molecule has 0 radical (unpaired) electrons. The van der Waals surface area contributed by atoms with Crippen LogP contribution in [-0.2, 0) is 0 Å². The van der Waals surface area contributed by atoms with Crippen molar-refractivity contribution < 1.29 is 4.39 Å². The molecule has 0 amide bonds. The Morgan fingerprint density at radius 2 is 2.05 bits per heavy atom. The molecule has 1 N–H and O–H groups in total. The molecule has 1 aliphatic carbocycles. The van der Waals surface area contributed by atoms with Crippen LogP contribution in [0.15, 0.2) is 18.2 Å². The standard InChI is InChI=1S/C16H21FN2/c1-2-4-12-7-9-13(10-8-12)19-16-6-3-5-15(17)14(16)11-18/h3,5-6,12-13,19H,2,4,7-10H2,1H3. The van der Waals surface area contributed by atoms with E-state index in [4.69, 9.17) is 5.26 Å². The minimum absolute atomic E-state index is 0.137. The van der Waals surface area contributed by atoms with E-state index in [1.807, 2.05) is 6.07 Å². The van der Waals surface area contributed by atoms with Gasteiger partial charge in [-0.15, -0.1) is 0 Å². The summed E-state index contributed by atoms with van der Waals surface area (Å²) in [5, 5.41) is 12.4. The van der Waals surface area contributed by atoms with E-state index in [2.05, 4.69) is 12.2 Å². The van der Waals surface area contributed by atoms with Crippen LogP contribution in [0.4, 0.5) is 10.1 Å². The molecule has 1 aromatic carbocycles. The topological polar surface area (TPSA) is 35.8 Å². The molecular formula is C16H21FN2. The highest BCUT2D eigenvalue weighted by Gasteiger charge is 2.21. The zero-order chi connectivity index (χ0) is 13.7. The Kier molecular flexibility index (Phi) is 4.79. The molecule has 19 heavy (non-hydrogen) atoms. The number of rotatable bonds is 4. The van der Waals surface area contributed by atoms with E-state index in [-0.39, 0.29) is 5.56 Å². The first-order valence-corrected chi connectivity index (χ1v) is 7.19. The molecule has 1 aromatic rings. The molecule has 0 aromatic heterocycles.